The van der Waals surface area contributed by atoms with Gasteiger partial charge in [0.2, 0.25) is 0 Å². The molecule has 1 aromatic heterocycles. The number of nitrogens with one attached hydrogen (secondary N) is 2. The van der Waals surface area contributed by atoms with Crippen molar-refractivity contribution >= 4 is 23.7 Å². The predicted octanol–water partition coefficient (Wildman–Crippen LogP) is 6.55. The first kappa shape index (κ1) is 28.9. The molecule has 0 saturated carbocycles. The van der Waals surface area contributed by atoms with Crippen molar-refractivity contribution in [1.82, 2.24) is 9.99 Å². The molecule has 5 aromatic rings. The minimum absolute atomic E-state index is 0.235. The molecule has 0 fully saturated rings. The monoisotopic (exact) mass is 572 g/mol. The normalized spacial score (nSPS) is 10.9. The first-order valence-corrected chi connectivity index (χ1v) is 13.8. The van der Waals surface area contributed by atoms with E-state index in [0.717, 1.165) is 28.2 Å². The van der Waals surface area contributed by atoms with Gasteiger partial charge in [-0.1, -0.05) is 54.1 Å². The molecule has 0 aliphatic rings. The molecular weight excluding hydrogens is 540 g/mol. The molecule has 1 heterocycles. The summed E-state index contributed by atoms with van der Waals surface area (Å²) >= 11 is 0. The van der Waals surface area contributed by atoms with E-state index in [1.54, 1.807) is 30.3 Å². The SMILES string of the molecule is COc1cccc(/C=N/NC(=O)c2ccc(-n3c(C)ccc3-c3ccccc3)cc2)c1OCC(=O)Nc1ccc(C)cc1. The van der Waals surface area contributed by atoms with Crippen LogP contribution in [0.15, 0.2) is 114 Å². The van der Waals surface area contributed by atoms with Gasteiger partial charge in [-0.3, -0.25) is 9.59 Å². The summed E-state index contributed by atoms with van der Waals surface area (Å²) in [6.45, 7) is 3.79. The number of methoxy groups -OCH3 is 1. The molecule has 0 saturated heterocycles. The quantitative estimate of drug-likeness (QED) is 0.147. The van der Waals surface area contributed by atoms with Crippen molar-refractivity contribution in [2.75, 3.05) is 19.0 Å². The van der Waals surface area contributed by atoms with Gasteiger partial charge in [-0.05, 0) is 80.1 Å². The molecule has 2 amide bonds. The van der Waals surface area contributed by atoms with E-state index in [2.05, 4.69) is 51.6 Å². The molecule has 8 nitrogen and oxygen atoms in total. The van der Waals surface area contributed by atoms with E-state index >= 15 is 0 Å². The van der Waals surface area contributed by atoms with Gasteiger partial charge < -0.3 is 19.4 Å². The molecule has 0 aliphatic carbocycles. The van der Waals surface area contributed by atoms with Crippen molar-refractivity contribution in [3.63, 3.8) is 0 Å². The van der Waals surface area contributed by atoms with Crippen molar-refractivity contribution in [1.29, 1.82) is 0 Å². The van der Waals surface area contributed by atoms with Crippen LogP contribution in [0.25, 0.3) is 16.9 Å². The van der Waals surface area contributed by atoms with E-state index in [1.807, 2.05) is 61.5 Å². The Morgan fingerprint density at radius 2 is 1.58 bits per heavy atom. The number of hydrazone groups is 1. The molecule has 0 unspecified atom stereocenters. The number of benzene rings is 4. The van der Waals surface area contributed by atoms with Gasteiger partial charge in [0.1, 0.15) is 0 Å². The van der Waals surface area contributed by atoms with Crippen LogP contribution in [0.3, 0.4) is 0 Å². The molecule has 5 rings (SSSR count). The van der Waals surface area contributed by atoms with E-state index in [-0.39, 0.29) is 18.4 Å². The van der Waals surface area contributed by atoms with Crippen LogP contribution in [0.4, 0.5) is 5.69 Å². The summed E-state index contributed by atoms with van der Waals surface area (Å²) in [6.07, 6.45) is 1.46. The van der Waals surface area contributed by atoms with E-state index in [1.165, 1.54) is 13.3 Å². The van der Waals surface area contributed by atoms with Crippen LogP contribution in [0.2, 0.25) is 0 Å². The summed E-state index contributed by atoms with van der Waals surface area (Å²) in [6, 6.07) is 34.4. The number of aromatic nitrogens is 1. The van der Waals surface area contributed by atoms with Crippen LogP contribution in [-0.4, -0.2) is 36.3 Å². The maximum atomic E-state index is 12.9. The number of carbonyl (C=O) groups excluding carboxylic acids is 2. The summed E-state index contributed by atoms with van der Waals surface area (Å²) in [7, 11) is 1.51. The summed E-state index contributed by atoms with van der Waals surface area (Å²) in [4.78, 5) is 25.3. The second kappa shape index (κ2) is 13.4. The second-order valence-corrected chi connectivity index (χ2v) is 9.89. The summed E-state index contributed by atoms with van der Waals surface area (Å²) in [5.41, 5.74) is 9.56. The number of aryl methyl sites for hydroxylation is 2. The van der Waals surface area contributed by atoms with Gasteiger partial charge in [0, 0.05) is 28.2 Å². The van der Waals surface area contributed by atoms with Gasteiger partial charge in [-0.15, -0.1) is 0 Å². The number of nitrogens with zero attached hydrogens (tertiary/aromatic N) is 2. The zero-order chi connectivity index (χ0) is 30.2. The van der Waals surface area contributed by atoms with Crippen LogP contribution in [0, 0.1) is 13.8 Å². The largest absolute Gasteiger partial charge is 0.493 e. The number of rotatable bonds is 10. The van der Waals surface area contributed by atoms with Gasteiger partial charge in [0.15, 0.2) is 18.1 Å². The van der Waals surface area contributed by atoms with Crippen LogP contribution >= 0.6 is 0 Å². The summed E-state index contributed by atoms with van der Waals surface area (Å²) in [5, 5.41) is 6.93. The zero-order valence-electron chi connectivity index (χ0n) is 24.2. The summed E-state index contributed by atoms with van der Waals surface area (Å²) < 4.78 is 13.4. The van der Waals surface area contributed by atoms with E-state index in [9.17, 15) is 9.59 Å². The maximum Gasteiger partial charge on any atom is 0.271 e. The van der Waals surface area contributed by atoms with Gasteiger partial charge in [0.25, 0.3) is 11.8 Å². The Balaban J connectivity index is 1.24. The van der Waals surface area contributed by atoms with Crippen molar-refractivity contribution in [2.24, 2.45) is 5.10 Å². The van der Waals surface area contributed by atoms with Gasteiger partial charge in [-0.2, -0.15) is 5.10 Å². The molecule has 0 radical (unpaired) electrons. The standard InChI is InChI=1S/C35H32N4O4/c1-24-12-17-29(18-13-24)37-33(40)23-43-34-28(10-7-11-32(34)42-3)22-36-38-35(41)27-15-19-30(20-16-27)39-25(2)14-21-31(39)26-8-5-4-6-9-26/h4-22H,23H2,1-3H3,(H,37,40)(H,38,41)/b36-22+. The van der Waals surface area contributed by atoms with Crippen molar-refractivity contribution in [3.05, 3.63) is 132 Å². The third kappa shape index (κ3) is 7.00. The fourth-order valence-corrected chi connectivity index (χ4v) is 4.62. The number of anilines is 1. The number of ether oxygens (including phenoxy) is 2. The number of para-hydroxylation sites is 1. The van der Waals surface area contributed by atoms with E-state index < -0.39 is 0 Å². The Morgan fingerprint density at radius 3 is 2.30 bits per heavy atom. The number of hydrogen-bond acceptors (Lipinski definition) is 5. The van der Waals surface area contributed by atoms with Crippen LogP contribution in [0.5, 0.6) is 11.5 Å². The second-order valence-electron chi connectivity index (χ2n) is 9.89. The number of carbonyl (C=O) groups is 2. The number of hydrogen-bond donors (Lipinski definition) is 2. The third-order valence-electron chi connectivity index (χ3n) is 6.82. The van der Waals surface area contributed by atoms with Gasteiger partial charge in [0.05, 0.1) is 19.0 Å². The van der Waals surface area contributed by atoms with E-state index in [4.69, 9.17) is 9.47 Å². The molecule has 4 aromatic carbocycles. The number of amides is 2. The Kier molecular flexibility index (Phi) is 8.97. The van der Waals surface area contributed by atoms with Crippen molar-refractivity contribution in [3.8, 4) is 28.4 Å². The molecule has 216 valence electrons. The lowest BCUT2D eigenvalue weighted by Crippen LogP contribution is -2.21. The smallest absolute Gasteiger partial charge is 0.271 e. The van der Waals surface area contributed by atoms with Crippen LogP contribution in [-0.2, 0) is 4.79 Å². The molecular formula is C35H32N4O4. The fraction of sp³-hybridized carbons (Fsp3) is 0.114. The van der Waals surface area contributed by atoms with Crippen LogP contribution < -0.4 is 20.2 Å². The van der Waals surface area contributed by atoms with Crippen molar-refractivity contribution < 1.29 is 19.1 Å². The average Bonchev–Trinajstić information content (AvgIpc) is 3.42. The molecule has 0 aliphatic heterocycles. The average molecular weight is 573 g/mol. The van der Waals surface area contributed by atoms with Gasteiger partial charge in [-0.25, -0.2) is 5.43 Å². The Hall–Kier alpha value is -5.63. The molecule has 0 atom stereocenters. The van der Waals surface area contributed by atoms with Crippen LogP contribution in [0.1, 0.15) is 27.2 Å². The van der Waals surface area contributed by atoms with Gasteiger partial charge >= 0.3 is 0 Å². The molecule has 0 spiro atoms. The minimum atomic E-state index is -0.363. The molecule has 8 heteroatoms. The lowest BCUT2D eigenvalue weighted by Gasteiger charge is -2.13. The summed E-state index contributed by atoms with van der Waals surface area (Å²) in [5.74, 6) is 0.0884. The topological polar surface area (TPSA) is 93.9 Å². The molecule has 43 heavy (non-hydrogen) atoms. The predicted molar refractivity (Wildman–Crippen MR) is 169 cm³/mol. The van der Waals surface area contributed by atoms with Crippen molar-refractivity contribution in [2.45, 2.75) is 13.8 Å². The highest BCUT2D eigenvalue weighted by Crippen LogP contribution is 2.30. The highest BCUT2D eigenvalue weighted by Gasteiger charge is 2.13. The Labute approximate surface area is 250 Å². The zero-order valence-corrected chi connectivity index (χ0v) is 24.2. The molecule has 2 N–H and O–H groups in total. The first-order chi connectivity index (χ1) is 20.9. The first-order valence-electron chi connectivity index (χ1n) is 13.8. The van der Waals surface area contributed by atoms with E-state index in [0.29, 0.717) is 28.3 Å². The third-order valence-corrected chi connectivity index (χ3v) is 6.82. The lowest BCUT2D eigenvalue weighted by atomic mass is 10.1. The fourth-order valence-electron chi connectivity index (χ4n) is 4.62. The maximum absolute atomic E-state index is 12.9. The molecule has 0 bridgehead atoms. The Bertz CT molecular complexity index is 1740. The highest BCUT2D eigenvalue weighted by atomic mass is 16.5. The Morgan fingerprint density at radius 1 is 0.837 bits per heavy atom. The highest BCUT2D eigenvalue weighted by molar-refractivity contribution is 5.95. The lowest BCUT2D eigenvalue weighted by molar-refractivity contribution is -0.118. The minimum Gasteiger partial charge on any atom is -0.493 e.